The fraction of sp³-hybridized carbons (Fsp3) is 0.800. The quantitative estimate of drug-likeness (QED) is 0.0447. The van der Waals surface area contributed by atoms with Crippen molar-refractivity contribution in [2.75, 3.05) is 19.8 Å². The number of esters is 3. The summed E-state index contributed by atoms with van der Waals surface area (Å²) in [4.78, 5) is 63.8. The molecule has 0 bridgehead atoms. The van der Waals surface area contributed by atoms with Gasteiger partial charge in [-0.25, -0.2) is 0 Å². The van der Waals surface area contributed by atoms with Crippen molar-refractivity contribution in [2.24, 2.45) is 17.2 Å². The van der Waals surface area contributed by atoms with Crippen LogP contribution in [0.15, 0.2) is 0 Å². The van der Waals surface area contributed by atoms with Crippen LogP contribution < -0.4 is 32.5 Å². The summed E-state index contributed by atoms with van der Waals surface area (Å²) >= 11 is 0. The third kappa shape index (κ3) is 37.4. The molecule has 0 amide bonds. The first-order chi connectivity index (χ1) is 21.2. The molecule has 3 atom stereocenters. The van der Waals surface area contributed by atoms with Crippen LogP contribution in [-0.2, 0) is 43.0 Å². The van der Waals surface area contributed by atoms with E-state index in [0.717, 1.165) is 57.8 Å². The fourth-order valence-corrected chi connectivity index (χ4v) is 3.07. The number of rotatable bonds is 24. The summed E-state index contributed by atoms with van der Waals surface area (Å²) < 4.78 is 14.6. The van der Waals surface area contributed by atoms with Gasteiger partial charge in [0.15, 0.2) is 0 Å². The minimum absolute atomic E-state index is 0. The Labute approximate surface area is 283 Å². The van der Waals surface area contributed by atoms with Crippen LogP contribution >= 0.6 is 0 Å². The SMILES string of the molecule is CCCCCOC(=O)[C@@H](N)CCC(=O)[O-].CCCCCOC(=O)[C@@H](N)CCC(=O)[O-].CCCCCOC(=O)[C@@H](N)CCC(=O)[O-].[Al+3]. The number of carbonyl (C=O) groups is 6. The molecule has 0 saturated carbocycles. The number of hydrogen-bond donors (Lipinski definition) is 3. The average molecular weight is 676 g/mol. The molecule has 0 aromatic heterocycles. The molecule has 16 heteroatoms. The zero-order chi connectivity index (χ0) is 35.0. The Morgan fingerprint density at radius 2 is 0.696 bits per heavy atom. The molecular formula is C30H54AlN3O12. The molecule has 0 spiro atoms. The number of carbonyl (C=O) groups excluding carboxylic acids is 6. The maximum absolute atomic E-state index is 11.2. The number of hydrogen-bond acceptors (Lipinski definition) is 15. The van der Waals surface area contributed by atoms with Gasteiger partial charge in [-0.15, -0.1) is 0 Å². The fourth-order valence-electron chi connectivity index (χ4n) is 3.07. The number of nitrogens with two attached hydrogens (primary N) is 3. The van der Waals surface area contributed by atoms with E-state index in [-0.39, 0.29) is 55.9 Å². The molecule has 0 aromatic carbocycles. The molecule has 15 nitrogen and oxygen atoms in total. The first-order valence-electron chi connectivity index (χ1n) is 15.6. The summed E-state index contributed by atoms with van der Waals surface area (Å²) in [5.74, 6) is -5.22. The van der Waals surface area contributed by atoms with Gasteiger partial charge in [-0.3, -0.25) is 14.4 Å². The van der Waals surface area contributed by atoms with Gasteiger partial charge in [0, 0.05) is 17.9 Å². The van der Waals surface area contributed by atoms with Crippen molar-refractivity contribution in [3.05, 3.63) is 0 Å². The second-order valence-corrected chi connectivity index (χ2v) is 10.2. The molecule has 0 unspecified atom stereocenters. The first-order valence-corrected chi connectivity index (χ1v) is 15.6. The topological polar surface area (TPSA) is 277 Å². The molecule has 0 aliphatic rings. The third-order valence-electron chi connectivity index (χ3n) is 5.86. The molecule has 0 aliphatic carbocycles. The van der Waals surface area contributed by atoms with E-state index in [1.165, 1.54) is 0 Å². The van der Waals surface area contributed by atoms with Crippen molar-refractivity contribution in [2.45, 2.75) is 135 Å². The Hall–Kier alpha value is -2.77. The largest absolute Gasteiger partial charge is 3.00 e. The van der Waals surface area contributed by atoms with Gasteiger partial charge in [-0.05, 0) is 57.8 Å². The van der Waals surface area contributed by atoms with Crippen LogP contribution in [0.25, 0.3) is 0 Å². The minimum atomic E-state index is -1.20. The van der Waals surface area contributed by atoms with E-state index in [0.29, 0.717) is 19.8 Å². The van der Waals surface area contributed by atoms with E-state index in [1.807, 2.05) is 20.8 Å². The second kappa shape index (κ2) is 35.1. The summed E-state index contributed by atoms with van der Waals surface area (Å²) in [6, 6.07) is -2.57. The van der Waals surface area contributed by atoms with Gasteiger partial charge in [0.1, 0.15) is 18.1 Å². The Balaban J connectivity index is -0.000000285. The van der Waals surface area contributed by atoms with Crippen molar-refractivity contribution in [3.63, 3.8) is 0 Å². The first kappa shape index (κ1) is 50.1. The predicted octanol–water partition coefficient (Wildman–Crippen LogP) is -1.65. The molecule has 46 heavy (non-hydrogen) atoms. The molecule has 6 N–H and O–H groups in total. The van der Waals surface area contributed by atoms with Crippen molar-refractivity contribution in [1.29, 1.82) is 0 Å². The summed E-state index contributed by atoms with van der Waals surface area (Å²) in [7, 11) is 0. The predicted molar refractivity (Wildman–Crippen MR) is 164 cm³/mol. The Bertz CT molecular complexity index is 728. The Morgan fingerprint density at radius 1 is 0.478 bits per heavy atom. The van der Waals surface area contributed by atoms with Crippen LogP contribution in [0.4, 0.5) is 0 Å². The number of aliphatic carboxylic acids is 3. The zero-order valence-corrected chi connectivity index (χ0v) is 28.8. The molecule has 0 aromatic rings. The Kier molecular flexibility index (Phi) is 38.2. The van der Waals surface area contributed by atoms with E-state index in [4.69, 9.17) is 31.4 Å². The smallest absolute Gasteiger partial charge is 0.550 e. The average Bonchev–Trinajstić information content (AvgIpc) is 3.00. The molecule has 264 valence electrons. The van der Waals surface area contributed by atoms with E-state index in [2.05, 4.69) is 0 Å². The molecule has 0 fully saturated rings. The van der Waals surface area contributed by atoms with E-state index in [1.54, 1.807) is 0 Å². The zero-order valence-electron chi connectivity index (χ0n) is 27.7. The van der Waals surface area contributed by atoms with Crippen LogP contribution in [0.2, 0.25) is 0 Å². The van der Waals surface area contributed by atoms with Gasteiger partial charge >= 0.3 is 35.3 Å². The Morgan fingerprint density at radius 3 is 0.870 bits per heavy atom. The van der Waals surface area contributed by atoms with Crippen LogP contribution in [0.1, 0.15) is 117 Å². The maximum Gasteiger partial charge on any atom is 3.00 e. The van der Waals surface area contributed by atoms with E-state index < -0.39 is 53.9 Å². The van der Waals surface area contributed by atoms with Gasteiger partial charge < -0.3 is 61.1 Å². The summed E-state index contributed by atoms with van der Waals surface area (Å²) in [5, 5.41) is 30.3. The van der Waals surface area contributed by atoms with E-state index in [9.17, 15) is 44.1 Å². The molecule has 0 aliphatic heterocycles. The van der Waals surface area contributed by atoms with Gasteiger partial charge in [0.25, 0.3) is 0 Å². The molecule has 0 saturated heterocycles. The maximum atomic E-state index is 11.2. The van der Waals surface area contributed by atoms with E-state index >= 15 is 0 Å². The van der Waals surface area contributed by atoms with Gasteiger partial charge in [0.05, 0.1) is 19.8 Å². The van der Waals surface area contributed by atoms with Gasteiger partial charge in [-0.2, -0.15) is 0 Å². The standard InChI is InChI=1S/3C10H19NO4.Al/c3*1-2-3-4-7-15-10(14)8(11)5-6-9(12)13;/h3*8H,2-7,11H2,1H3,(H,12,13);/q;;;+3/p-3/t3*8-;/m000./s1. The minimum Gasteiger partial charge on any atom is -0.550 e. The van der Waals surface area contributed by atoms with Crippen molar-refractivity contribution >= 4 is 53.2 Å². The van der Waals surface area contributed by atoms with Gasteiger partial charge in [0.2, 0.25) is 0 Å². The van der Waals surface area contributed by atoms with Crippen LogP contribution in [0, 0.1) is 0 Å². The van der Waals surface area contributed by atoms with Crippen LogP contribution in [0.5, 0.6) is 0 Å². The summed E-state index contributed by atoms with van der Waals surface area (Å²) in [6.45, 7) is 7.21. The van der Waals surface area contributed by atoms with Crippen LogP contribution in [-0.4, -0.2) is 91.1 Å². The second-order valence-electron chi connectivity index (χ2n) is 10.2. The molecule has 0 rings (SSSR count). The van der Waals surface area contributed by atoms with Crippen LogP contribution in [0.3, 0.4) is 0 Å². The van der Waals surface area contributed by atoms with Gasteiger partial charge in [-0.1, -0.05) is 59.3 Å². The van der Waals surface area contributed by atoms with Crippen molar-refractivity contribution < 1.29 is 58.3 Å². The van der Waals surface area contributed by atoms with Crippen molar-refractivity contribution in [3.8, 4) is 0 Å². The monoisotopic (exact) mass is 675 g/mol. The normalized spacial score (nSPS) is 11.9. The number of carboxylic acid groups (broad SMARTS) is 3. The molecule has 0 radical (unpaired) electrons. The summed E-state index contributed by atoms with van der Waals surface area (Å²) in [6.07, 6.45) is 8.14. The third-order valence-corrected chi connectivity index (χ3v) is 5.86. The molecular weight excluding hydrogens is 621 g/mol. The summed E-state index contributed by atoms with van der Waals surface area (Å²) in [5.41, 5.74) is 16.2. The number of ether oxygens (including phenoxy) is 3. The molecule has 0 heterocycles. The number of unbranched alkanes of at least 4 members (excludes halogenated alkanes) is 6. The van der Waals surface area contributed by atoms with Crippen molar-refractivity contribution in [1.82, 2.24) is 0 Å². The number of carboxylic acids is 3.